The third kappa shape index (κ3) is 2.09. The van der Waals surface area contributed by atoms with Crippen LogP contribution in [0.5, 0.6) is 5.75 Å². The van der Waals surface area contributed by atoms with Gasteiger partial charge in [-0.25, -0.2) is 0 Å². The van der Waals surface area contributed by atoms with E-state index in [9.17, 15) is 4.79 Å². The zero-order chi connectivity index (χ0) is 8.97. The number of aryl methyl sites for hydroxylation is 1. The molecule has 1 aromatic carbocycles. The second-order valence-corrected chi connectivity index (χ2v) is 2.64. The molecule has 1 radical (unpaired) electrons. The van der Waals surface area contributed by atoms with Crippen LogP contribution in [0.2, 0.25) is 0 Å². The summed E-state index contributed by atoms with van der Waals surface area (Å²) in [4.78, 5) is 10.2. The highest BCUT2D eigenvalue weighted by Crippen LogP contribution is 2.16. The highest BCUT2D eigenvalue weighted by Gasteiger charge is 2.03. The van der Waals surface area contributed by atoms with Crippen molar-refractivity contribution in [3.8, 4) is 5.75 Å². The molecule has 0 spiro atoms. The van der Waals surface area contributed by atoms with Crippen molar-refractivity contribution in [3.63, 3.8) is 0 Å². The van der Waals surface area contributed by atoms with Crippen molar-refractivity contribution in [2.45, 2.75) is 20.0 Å². The van der Waals surface area contributed by atoms with Gasteiger partial charge in [-0.05, 0) is 25.5 Å². The molecule has 1 atom stereocenters. The van der Waals surface area contributed by atoms with Crippen LogP contribution in [0.1, 0.15) is 12.5 Å². The van der Waals surface area contributed by atoms with Gasteiger partial charge in [0.1, 0.15) is 5.75 Å². The van der Waals surface area contributed by atoms with E-state index in [1.165, 1.54) is 0 Å². The number of hydrogen-bond donors (Lipinski definition) is 0. The third-order valence-electron chi connectivity index (χ3n) is 1.56. The summed E-state index contributed by atoms with van der Waals surface area (Å²) >= 11 is 0. The second kappa shape index (κ2) is 3.90. The van der Waals surface area contributed by atoms with Crippen molar-refractivity contribution >= 4 is 6.29 Å². The van der Waals surface area contributed by atoms with Gasteiger partial charge in [0.25, 0.3) is 0 Å². The Hall–Kier alpha value is -1.31. The molecule has 0 bridgehead atoms. The van der Waals surface area contributed by atoms with Gasteiger partial charge in [-0.2, -0.15) is 0 Å². The monoisotopic (exact) mass is 163 g/mol. The molecule has 0 saturated carbocycles. The summed E-state index contributed by atoms with van der Waals surface area (Å²) in [7, 11) is 0. The first-order chi connectivity index (χ1) is 5.74. The molecule has 0 saturated heterocycles. The van der Waals surface area contributed by atoms with E-state index in [0.717, 1.165) is 11.3 Å². The predicted octanol–water partition coefficient (Wildman–Crippen LogP) is 1.87. The van der Waals surface area contributed by atoms with Gasteiger partial charge in [0.05, 0.1) is 0 Å². The Labute approximate surface area is 72.2 Å². The maximum Gasteiger partial charge on any atom is 0.242 e. The van der Waals surface area contributed by atoms with Crippen molar-refractivity contribution in [3.05, 3.63) is 29.8 Å². The maximum atomic E-state index is 10.2. The first kappa shape index (κ1) is 8.78. The molecule has 12 heavy (non-hydrogen) atoms. The standard InChI is InChI=1S/C10H11O2/c1-8-5-3-4-6-10(8)12-9(2)7-11/h3-6,9H,1-2H3. The van der Waals surface area contributed by atoms with E-state index >= 15 is 0 Å². The largest absolute Gasteiger partial charge is 0.482 e. The van der Waals surface area contributed by atoms with Crippen molar-refractivity contribution in [2.24, 2.45) is 0 Å². The van der Waals surface area contributed by atoms with Gasteiger partial charge in [-0.15, -0.1) is 0 Å². The number of carbonyl (C=O) groups excluding carboxylic acids is 1. The normalized spacial score (nSPS) is 12.2. The fraction of sp³-hybridized carbons (Fsp3) is 0.300. The Bertz CT molecular complexity index is 268. The molecule has 1 unspecified atom stereocenters. The van der Waals surface area contributed by atoms with Gasteiger partial charge in [-0.1, -0.05) is 18.2 Å². The van der Waals surface area contributed by atoms with E-state index in [1.807, 2.05) is 31.2 Å². The summed E-state index contributed by atoms with van der Waals surface area (Å²) in [6.45, 7) is 3.60. The molecular formula is C10H11O2. The molecular weight excluding hydrogens is 152 g/mol. The van der Waals surface area contributed by atoms with Gasteiger partial charge in [0.15, 0.2) is 6.10 Å². The summed E-state index contributed by atoms with van der Waals surface area (Å²) in [6.07, 6.45) is 1.27. The van der Waals surface area contributed by atoms with Crippen LogP contribution >= 0.6 is 0 Å². The van der Waals surface area contributed by atoms with Gasteiger partial charge >= 0.3 is 0 Å². The molecule has 1 aromatic rings. The minimum Gasteiger partial charge on any atom is -0.482 e. The Morgan fingerprint density at radius 2 is 2.08 bits per heavy atom. The van der Waals surface area contributed by atoms with Crippen LogP contribution in [0.4, 0.5) is 0 Å². The topological polar surface area (TPSA) is 26.3 Å². The van der Waals surface area contributed by atoms with Crippen LogP contribution in [0.25, 0.3) is 0 Å². The van der Waals surface area contributed by atoms with Crippen LogP contribution in [0, 0.1) is 6.92 Å². The molecule has 2 heteroatoms. The first-order valence-electron chi connectivity index (χ1n) is 3.84. The smallest absolute Gasteiger partial charge is 0.242 e. The average Bonchev–Trinajstić information content (AvgIpc) is 2.09. The van der Waals surface area contributed by atoms with E-state index in [2.05, 4.69) is 0 Å². The molecule has 0 amide bonds. The van der Waals surface area contributed by atoms with Crippen LogP contribution in [-0.4, -0.2) is 12.4 Å². The lowest BCUT2D eigenvalue weighted by atomic mass is 10.2. The highest BCUT2D eigenvalue weighted by molar-refractivity contribution is 5.57. The lowest BCUT2D eigenvalue weighted by Gasteiger charge is -2.09. The van der Waals surface area contributed by atoms with E-state index in [0.29, 0.717) is 0 Å². The molecule has 0 N–H and O–H groups in total. The number of rotatable bonds is 3. The van der Waals surface area contributed by atoms with Crippen LogP contribution in [0.3, 0.4) is 0 Å². The first-order valence-corrected chi connectivity index (χ1v) is 3.84. The van der Waals surface area contributed by atoms with Gasteiger partial charge in [0, 0.05) is 0 Å². The molecule has 0 aliphatic rings. The molecule has 0 fully saturated rings. The highest BCUT2D eigenvalue weighted by atomic mass is 16.5. The van der Waals surface area contributed by atoms with Crippen LogP contribution in [0.15, 0.2) is 24.3 Å². The maximum absolute atomic E-state index is 10.2. The number of ether oxygens (including phenoxy) is 1. The van der Waals surface area contributed by atoms with E-state index in [-0.39, 0.29) is 0 Å². The summed E-state index contributed by atoms with van der Waals surface area (Å²) in [5.74, 6) is 0.744. The van der Waals surface area contributed by atoms with E-state index in [4.69, 9.17) is 4.74 Å². The zero-order valence-corrected chi connectivity index (χ0v) is 7.20. The molecule has 2 nitrogen and oxygen atoms in total. The summed E-state index contributed by atoms with van der Waals surface area (Å²) in [5.41, 5.74) is 1.03. The van der Waals surface area contributed by atoms with E-state index in [1.54, 1.807) is 13.2 Å². The molecule has 0 aliphatic carbocycles. The SMILES string of the molecule is Cc1ccccc1OC(C)[C]=O. The Balaban J connectivity index is 2.75. The van der Waals surface area contributed by atoms with Crippen molar-refractivity contribution in [2.75, 3.05) is 0 Å². The molecule has 0 aromatic heterocycles. The number of benzene rings is 1. The Morgan fingerprint density at radius 1 is 1.42 bits per heavy atom. The Kier molecular flexibility index (Phi) is 2.86. The lowest BCUT2D eigenvalue weighted by Crippen LogP contribution is -2.13. The van der Waals surface area contributed by atoms with Crippen molar-refractivity contribution in [1.29, 1.82) is 0 Å². The molecule has 0 aliphatic heterocycles. The zero-order valence-electron chi connectivity index (χ0n) is 7.20. The quantitative estimate of drug-likeness (QED) is 0.680. The van der Waals surface area contributed by atoms with Crippen molar-refractivity contribution < 1.29 is 9.53 Å². The molecule has 0 heterocycles. The molecule has 63 valence electrons. The lowest BCUT2D eigenvalue weighted by molar-refractivity contribution is 0.277. The summed E-state index contributed by atoms with van der Waals surface area (Å²) < 4.78 is 5.27. The minimum absolute atomic E-state index is 0.494. The number of para-hydroxylation sites is 1. The van der Waals surface area contributed by atoms with Crippen LogP contribution < -0.4 is 4.74 Å². The summed E-state index contributed by atoms with van der Waals surface area (Å²) in [5, 5.41) is 0. The predicted molar refractivity (Wildman–Crippen MR) is 47.0 cm³/mol. The Morgan fingerprint density at radius 3 is 2.67 bits per heavy atom. The van der Waals surface area contributed by atoms with Gasteiger partial charge in [-0.3, -0.25) is 4.79 Å². The summed E-state index contributed by atoms with van der Waals surface area (Å²) in [6, 6.07) is 7.58. The second-order valence-electron chi connectivity index (χ2n) is 2.64. The number of hydrogen-bond acceptors (Lipinski definition) is 2. The van der Waals surface area contributed by atoms with Crippen LogP contribution in [-0.2, 0) is 4.79 Å². The molecule has 1 rings (SSSR count). The van der Waals surface area contributed by atoms with Gasteiger partial charge < -0.3 is 4.74 Å². The van der Waals surface area contributed by atoms with Gasteiger partial charge in [0.2, 0.25) is 6.29 Å². The van der Waals surface area contributed by atoms with E-state index < -0.39 is 6.10 Å². The van der Waals surface area contributed by atoms with Crippen molar-refractivity contribution in [1.82, 2.24) is 0 Å². The minimum atomic E-state index is -0.494. The fourth-order valence-electron chi connectivity index (χ4n) is 0.903. The third-order valence-corrected chi connectivity index (χ3v) is 1.56. The fourth-order valence-corrected chi connectivity index (χ4v) is 0.903. The average molecular weight is 163 g/mol.